The lowest BCUT2D eigenvalue weighted by Crippen LogP contribution is -2.37. The predicted octanol–water partition coefficient (Wildman–Crippen LogP) is 1.12. The molecule has 1 N–H and O–H groups in total. The van der Waals surface area contributed by atoms with E-state index in [1.807, 2.05) is 24.6 Å². The number of hydrogen-bond acceptors (Lipinski definition) is 5. The molecule has 1 aliphatic heterocycles. The van der Waals surface area contributed by atoms with Crippen molar-refractivity contribution in [3.63, 3.8) is 0 Å². The van der Waals surface area contributed by atoms with Crippen molar-refractivity contribution in [1.29, 1.82) is 0 Å². The molecule has 1 fully saturated rings. The molecule has 0 unspecified atom stereocenters. The molecule has 0 saturated carbocycles. The first kappa shape index (κ1) is 13.9. The molecule has 1 saturated heterocycles. The van der Waals surface area contributed by atoms with Crippen molar-refractivity contribution in [1.82, 2.24) is 9.55 Å². The van der Waals surface area contributed by atoms with Gasteiger partial charge >= 0.3 is 0 Å². The number of hydrogen-bond donors (Lipinski definition) is 1. The van der Waals surface area contributed by atoms with Gasteiger partial charge in [0, 0.05) is 33.3 Å². The highest BCUT2D eigenvalue weighted by molar-refractivity contribution is 5.82. The highest BCUT2D eigenvalue weighted by atomic mass is 16.5. The minimum Gasteiger partial charge on any atom is -0.378 e. The van der Waals surface area contributed by atoms with Crippen molar-refractivity contribution in [2.75, 3.05) is 43.6 Å². The SMILES string of the molecule is CNc1cc(=O)c2c(C)cc(N3CCOCC3)nc2n1C. The quantitative estimate of drug-likeness (QED) is 0.897. The topological polar surface area (TPSA) is 59.4 Å². The Balaban J connectivity index is 2.22. The Hall–Kier alpha value is -2.08. The maximum Gasteiger partial charge on any atom is 0.193 e. The van der Waals surface area contributed by atoms with Gasteiger partial charge in [-0.25, -0.2) is 4.98 Å². The second kappa shape index (κ2) is 5.37. The van der Waals surface area contributed by atoms with Crippen molar-refractivity contribution in [3.8, 4) is 0 Å². The molecule has 3 heterocycles. The van der Waals surface area contributed by atoms with E-state index in [1.165, 1.54) is 0 Å². The summed E-state index contributed by atoms with van der Waals surface area (Å²) in [6.07, 6.45) is 0. The van der Waals surface area contributed by atoms with Gasteiger partial charge < -0.3 is 19.5 Å². The number of nitrogens with one attached hydrogen (secondary N) is 1. The third-order valence-electron chi connectivity index (χ3n) is 3.97. The number of aryl methyl sites for hydroxylation is 2. The molecule has 2 aromatic heterocycles. The number of nitrogens with zero attached hydrogens (tertiary/aromatic N) is 3. The Morgan fingerprint density at radius 3 is 2.67 bits per heavy atom. The maximum absolute atomic E-state index is 12.3. The largest absolute Gasteiger partial charge is 0.378 e. The number of ether oxygens (including phenoxy) is 1. The van der Waals surface area contributed by atoms with Gasteiger partial charge in [-0.1, -0.05) is 0 Å². The third-order valence-corrected chi connectivity index (χ3v) is 3.97. The van der Waals surface area contributed by atoms with E-state index in [0.29, 0.717) is 24.2 Å². The molecule has 0 aromatic carbocycles. The van der Waals surface area contributed by atoms with Crippen molar-refractivity contribution in [2.24, 2.45) is 7.05 Å². The minimum atomic E-state index is 0.00553. The van der Waals surface area contributed by atoms with Gasteiger partial charge in [-0.2, -0.15) is 0 Å². The molecule has 6 heteroatoms. The summed E-state index contributed by atoms with van der Waals surface area (Å²) in [6, 6.07) is 3.61. The fourth-order valence-electron chi connectivity index (χ4n) is 2.79. The highest BCUT2D eigenvalue weighted by Gasteiger charge is 2.16. The second-order valence-corrected chi connectivity index (χ2v) is 5.30. The average Bonchev–Trinajstić information content (AvgIpc) is 2.51. The molecule has 3 rings (SSSR count). The molecule has 0 amide bonds. The number of rotatable bonds is 2. The van der Waals surface area contributed by atoms with Crippen molar-refractivity contribution >= 4 is 22.7 Å². The zero-order valence-corrected chi connectivity index (χ0v) is 12.6. The lowest BCUT2D eigenvalue weighted by atomic mass is 10.1. The minimum absolute atomic E-state index is 0.00553. The van der Waals surface area contributed by atoms with Crippen LogP contribution < -0.4 is 15.6 Å². The van der Waals surface area contributed by atoms with E-state index in [2.05, 4.69) is 10.2 Å². The van der Waals surface area contributed by atoms with Gasteiger partial charge in [-0.3, -0.25) is 4.79 Å². The van der Waals surface area contributed by atoms with Crippen molar-refractivity contribution in [3.05, 3.63) is 27.9 Å². The van der Waals surface area contributed by atoms with E-state index < -0.39 is 0 Å². The summed E-state index contributed by atoms with van der Waals surface area (Å²) in [5, 5.41) is 3.72. The van der Waals surface area contributed by atoms with Gasteiger partial charge in [0.05, 0.1) is 18.6 Å². The van der Waals surface area contributed by atoms with E-state index in [4.69, 9.17) is 9.72 Å². The molecule has 6 nitrogen and oxygen atoms in total. The fraction of sp³-hybridized carbons (Fsp3) is 0.467. The summed E-state index contributed by atoms with van der Waals surface area (Å²) in [6.45, 7) is 5.06. The van der Waals surface area contributed by atoms with Crippen LogP contribution in [0.4, 0.5) is 11.6 Å². The number of aromatic nitrogens is 2. The van der Waals surface area contributed by atoms with Crippen LogP contribution in [0.1, 0.15) is 5.56 Å². The van der Waals surface area contributed by atoms with Gasteiger partial charge in [-0.15, -0.1) is 0 Å². The Morgan fingerprint density at radius 2 is 2.00 bits per heavy atom. The van der Waals surface area contributed by atoms with Gasteiger partial charge in [0.1, 0.15) is 17.3 Å². The molecule has 0 bridgehead atoms. The lowest BCUT2D eigenvalue weighted by Gasteiger charge is -2.28. The van der Waals surface area contributed by atoms with Crippen LogP contribution in [-0.4, -0.2) is 42.9 Å². The highest BCUT2D eigenvalue weighted by Crippen LogP contribution is 2.22. The van der Waals surface area contributed by atoms with Crippen molar-refractivity contribution < 1.29 is 4.74 Å². The summed E-state index contributed by atoms with van der Waals surface area (Å²) in [5.74, 6) is 1.67. The molecule has 21 heavy (non-hydrogen) atoms. The van der Waals surface area contributed by atoms with Crippen LogP contribution in [0.15, 0.2) is 16.9 Å². The van der Waals surface area contributed by atoms with Gasteiger partial charge in [-0.05, 0) is 18.6 Å². The van der Waals surface area contributed by atoms with Gasteiger partial charge in [0.2, 0.25) is 0 Å². The maximum atomic E-state index is 12.3. The summed E-state index contributed by atoms with van der Waals surface area (Å²) < 4.78 is 7.31. The van der Waals surface area contributed by atoms with Crippen LogP contribution in [0.5, 0.6) is 0 Å². The number of fused-ring (bicyclic) bond motifs is 1. The normalized spacial score (nSPS) is 15.5. The predicted molar refractivity (Wildman–Crippen MR) is 84.3 cm³/mol. The molecule has 1 aliphatic rings. The monoisotopic (exact) mass is 288 g/mol. The Kier molecular flexibility index (Phi) is 3.55. The van der Waals surface area contributed by atoms with Crippen LogP contribution >= 0.6 is 0 Å². The van der Waals surface area contributed by atoms with E-state index in [-0.39, 0.29) is 5.43 Å². The van der Waals surface area contributed by atoms with Crippen LogP contribution in [0.2, 0.25) is 0 Å². The lowest BCUT2D eigenvalue weighted by molar-refractivity contribution is 0.122. The van der Waals surface area contributed by atoms with Gasteiger partial charge in [0.25, 0.3) is 0 Å². The van der Waals surface area contributed by atoms with Gasteiger partial charge in [0.15, 0.2) is 5.43 Å². The molecular formula is C15H20N4O2. The zero-order chi connectivity index (χ0) is 15.0. The van der Waals surface area contributed by atoms with E-state index in [0.717, 1.165) is 30.3 Å². The molecule has 112 valence electrons. The Bertz CT molecular complexity index is 733. The first-order chi connectivity index (χ1) is 10.1. The summed E-state index contributed by atoms with van der Waals surface area (Å²) in [4.78, 5) is 19.2. The smallest absolute Gasteiger partial charge is 0.193 e. The van der Waals surface area contributed by atoms with E-state index >= 15 is 0 Å². The molecular weight excluding hydrogens is 268 g/mol. The number of morpholine rings is 1. The summed E-state index contributed by atoms with van der Waals surface area (Å²) in [7, 11) is 3.72. The fourth-order valence-corrected chi connectivity index (χ4v) is 2.79. The molecule has 0 radical (unpaired) electrons. The van der Waals surface area contributed by atoms with E-state index in [9.17, 15) is 4.79 Å². The van der Waals surface area contributed by atoms with Crippen LogP contribution in [-0.2, 0) is 11.8 Å². The van der Waals surface area contributed by atoms with Crippen LogP contribution in [0, 0.1) is 6.92 Å². The van der Waals surface area contributed by atoms with Crippen LogP contribution in [0.25, 0.3) is 11.0 Å². The first-order valence-corrected chi connectivity index (χ1v) is 7.13. The summed E-state index contributed by atoms with van der Waals surface area (Å²) >= 11 is 0. The third kappa shape index (κ3) is 2.35. The summed E-state index contributed by atoms with van der Waals surface area (Å²) in [5.41, 5.74) is 1.68. The zero-order valence-electron chi connectivity index (χ0n) is 12.6. The number of anilines is 2. The van der Waals surface area contributed by atoms with Crippen molar-refractivity contribution in [2.45, 2.75) is 6.92 Å². The molecule has 0 spiro atoms. The Morgan fingerprint density at radius 1 is 1.29 bits per heavy atom. The molecule has 0 atom stereocenters. The number of pyridine rings is 2. The second-order valence-electron chi connectivity index (χ2n) is 5.30. The van der Waals surface area contributed by atoms with Crippen LogP contribution in [0.3, 0.4) is 0 Å². The first-order valence-electron chi connectivity index (χ1n) is 7.13. The standard InChI is InChI=1S/C15H20N4O2/c1-10-8-13(19-4-6-21-7-5-19)17-15-14(10)11(20)9-12(16-2)18(15)3/h8-9,16H,4-7H2,1-3H3. The average molecular weight is 288 g/mol. The van der Waals surface area contributed by atoms with E-state index in [1.54, 1.807) is 13.1 Å². The Labute approximate surface area is 123 Å². The molecule has 0 aliphatic carbocycles. The molecule has 2 aromatic rings.